The van der Waals surface area contributed by atoms with E-state index in [4.69, 9.17) is 5.26 Å². The van der Waals surface area contributed by atoms with Crippen LogP contribution in [-0.2, 0) is 0 Å². The minimum absolute atomic E-state index is 0.266. The maximum absolute atomic E-state index is 12.8. The summed E-state index contributed by atoms with van der Waals surface area (Å²) in [6.07, 6.45) is 4.09. The van der Waals surface area contributed by atoms with E-state index in [-0.39, 0.29) is 11.7 Å². The number of hydrogen-bond acceptors (Lipinski definition) is 1. The fourth-order valence-corrected chi connectivity index (χ4v) is 1.74. The van der Waals surface area contributed by atoms with Crippen molar-refractivity contribution in [3.8, 4) is 17.9 Å². The molecule has 0 saturated carbocycles. The molecule has 21 heavy (non-hydrogen) atoms. The minimum Gasteiger partial charge on any atom is -0.207 e. The van der Waals surface area contributed by atoms with Crippen LogP contribution >= 0.6 is 0 Å². The van der Waals surface area contributed by atoms with Crippen LogP contribution in [0.4, 0.5) is 4.39 Å². The van der Waals surface area contributed by atoms with Gasteiger partial charge in [0.25, 0.3) is 0 Å². The number of hydrogen-bond donors (Lipinski definition) is 0. The molecule has 1 unspecified atom stereocenters. The Morgan fingerprint density at radius 3 is 2.43 bits per heavy atom. The molecule has 102 valence electrons. The number of nitrogens with zero attached hydrogens (tertiary/aromatic N) is 1. The van der Waals surface area contributed by atoms with Crippen molar-refractivity contribution in [2.45, 2.75) is 6.42 Å². The van der Waals surface area contributed by atoms with Crippen molar-refractivity contribution in [3.63, 3.8) is 0 Å². The van der Waals surface area contributed by atoms with Gasteiger partial charge in [-0.2, -0.15) is 5.26 Å². The zero-order chi connectivity index (χ0) is 14.9. The van der Waals surface area contributed by atoms with E-state index in [0.29, 0.717) is 6.42 Å². The summed E-state index contributed by atoms with van der Waals surface area (Å²) in [6.45, 7) is 0. The summed E-state index contributed by atoms with van der Waals surface area (Å²) < 4.78 is 12.8. The molecule has 0 N–H and O–H groups in total. The molecule has 2 heteroatoms. The second-order valence-electron chi connectivity index (χ2n) is 4.52. The molecule has 0 spiro atoms. The van der Waals surface area contributed by atoms with E-state index < -0.39 is 0 Å². The smallest absolute Gasteiger partial charge is 0.123 e. The topological polar surface area (TPSA) is 23.8 Å². The molecule has 0 aromatic heterocycles. The van der Waals surface area contributed by atoms with Crippen molar-refractivity contribution in [3.05, 3.63) is 77.6 Å². The average Bonchev–Trinajstić information content (AvgIpc) is 2.53. The van der Waals surface area contributed by atoms with Crippen LogP contribution < -0.4 is 0 Å². The van der Waals surface area contributed by atoms with E-state index in [9.17, 15) is 4.39 Å². The molecule has 0 aliphatic heterocycles. The number of nitriles is 1. The number of benzene rings is 2. The van der Waals surface area contributed by atoms with Crippen LogP contribution in [0.3, 0.4) is 0 Å². The van der Waals surface area contributed by atoms with Crippen molar-refractivity contribution in [2.24, 2.45) is 5.92 Å². The lowest BCUT2D eigenvalue weighted by Crippen LogP contribution is -1.89. The summed E-state index contributed by atoms with van der Waals surface area (Å²) in [5.41, 5.74) is 1.81. The first kappa shape index (κ1) is 14.6. The van der Waals surface area contributed by atoms with Crippen molar-refractivity contribution in [1.82, 2.24) is 0 Å². The fourth-order valence-electron chi connectivity index (χ4n) is 1.74. The lowest BCUT2D eigenvalue weighted by Gasteiger charge is -1.97. The van der Waals surface area contributed by atoms with Gasteiger partial charge < -0.3 is 0 Å². The molecule has 0 aliphatic rings. The highest BCUT2D eigenvalue weighted by molar-refractivity contribution is 5.50. The summed E-state index contributed by atoms with van der Waals surface area (Å²) in [5, 5.41) is 9.12. The first-order chi connectivity index (χ1) is 10.3. The molecule has 0 saturated heterocycles. The van der Waals surface area contributed by atoms with Crippen molar-refractivity contribution in [1.29, 1.82) is 5.26 Å². The summed E-state index contributed by atoms with van der Waals surface area (Å²) >= 11 is 0. The van der Waals surface area contributed by atoms with Gasteiger partial charge in [-0.25, -0.2) is 4.39 Å². The van der Waals surface area contributed by atoms with E-state index in [1.54, 1.807) is 18.2 Å². The lowest BCUT2D eigenvalue weighted by molar-refractivity contribution is 0.628. The van der Waals surface area contributed by atoms with Crippen LogP contribution in [0, 0.1) is 34.9 Å². The van der Waals surface area contributed by atoms with Gasteiger partial charge in [-0.1, -0.05) is 54.3 Å². The Kier molecular flexibility index (Phi) is 5.33. The highest BCUT2D eigenvalue weighted by Gasteiger charge is 1.99. The van der Waals surface area contributed by atoms with Gasteiger partial charge in [-0.15, -0.1) is 0 Å². The third-order valence-electron chi connectivity index (χ3n) is 2.89. The summed E-state index contributed by atoms with van der Waals surface area (Å²) in [6, 6.07) is 18.0. The maximum Gasteiger partial charge on any atom is 0.123 e. The molecule has 0 bridgehead atoms. The third kappa shape index (κ3) is 4.97. The van der Waals surface area contributed by atoms with E-state index in [1.807, 2.05) is 36.4 Å². The average molecular weight is 275 g/mol. The zero-order valence-electron chi connectivity index (χ0n) is 11.5. The third-order valence-corrected chi connectivity index (χ3v) is 2.89. The van der Waals surface area contributed by atoms with E-state index in [0.717, 1.165) is 11.1 Å². The van der Waals surface area contributed by atoms with E-state index >= 15 is 0 Å². The van der Waals surface area contributed by atoms with Crippen LogP contribution in [0.15, 0.2) is 60.7 Å². The number of allylic oxidation sites excluding steroid dienone is 1. The normalized spacial score (nSPS) is 11.4. The second-order valence-corrected chi connectivity index (χ2v) is 4.52. The first-order valence-electron chi connectivity index (χ1n) is 6.65. The molecular formula is C19H14FN. The Balaban J connectivity index is 1.96. The van der Waals surface area contributed by atoms with Gasteiger partial charge in [0, 0.05) is 12.0 Å². The van der Waals surface area contributed by atoms with Crippen LogP contribution in [0.25, 0.3) is 6.08 Å². The predicted octanol–water partition coefficient (Wildman–Crippen LogP) is 4.42. The van der Waals surface area contributed by atoms with Crippen LogP contribution in [-0.4, -0.2) is 0 Å². The minimum atomic E-state index is -0.272. The molecular weight excluding hydrogens is 261 g/mol. The molecule has 0 radical (unpaired) electrons. The molecule has 2 aromatic carbocycles. The summed E-state index contributed by atoms with van der Waals surface area (Å²) in [7, 11) is 0. The highest BCUT2D eigenvalue weighted by atomic mass is 19.1. The van der Waals surface area contributed by atoms with Crippen molar-refractivity contribution >= 4 is 6.08 Å². The fraction of sp³-hybridized carbons (Fsp3) is 0.105. The largest absolute Gasteiger partial charge is 0.207 e. The first-order valence-corrected chi connectivity index (χ1v) is 6.65. The van der Waals surface area contributed by atoms with Gasteiger partial charge in [0.2, 0.25) is 0 Å². The molecule has 0 heterocycles. The summed E-state index contributed by atoms with van der Waals surface area (Å²) in [5.74, 6) is 5.51. The van der Waals surface area contributed by atoms with Crippen LogP contribution in [0.1, 0.15) is 17.5 Å². The van der Waals surface area contributed by atoms with Gasteiger partial charge in [0.15, 0.2) is 0 Å². The highest BCUT2D eigenvalue weighted by Crippen LogP contribution is 2.09. The predicted molar refractivity (Wildman–Crippen MR) is 82.5 cm³/mol. The maximum atomic E-state index is 12.8. The number of halogens is 1. The van der Waals surface area contributed by atoms with E-state index in [1.165, 1.54) is 12.1 Å². The van der Waals surface area contributed by atoms with Crippen LogP contribution in [0.2, 0.25) is 0 Å². The standard InChI is InChI=1S/C19H14FN/c20-19-13-11-17(12-14-19)9-10-18(15-21)8-4-7-16-5-2-1-3-6-16/h1-3,5-6,9-14,18H,8H2/b10-9+. The van der Waals surface area contributed by atoms with Crippen LogP contribution in [0.5, 0.6) is 0 Å². The quantitative estimate of drug-likeness (QED) is 0.761. The Morgan fingerprint density at radius 1 is 1.05 bits per heavy atom. The lowest BCUT2D eigenvalue weighted by atomic mass is 10.1. The van der Waals surface area contributed by atoms with E-state index in [2.05, 4.69) is 17.9 Å². The molecule has 0 amide bonds. The van der Waals surface area contributed by atoms with Gasteiger partial charge in [0.05, 0.1) is 12.0 Å². The molecule has 1 nitrogen and oxygen atoms in total. The Morgan fingerprint density at radius 2 is 1.76 bits per heavy atom. The van der Waals surface area contributed by atoms with Crippen molar-refractivity contribution in [2.75, 3.05) is 0 Å². The second kappa shape index (κ2) is 7.68. The number of rotatable bonds is 3. The van der Waals surface area contributed by atoms with Gasteiger partial charge in [-0.05, 0) is 29.8 Å². The SMILES string of the molecule is N#CC(/C=C/c1ccc(F)cc1)CC#Cc1ccccc1. The zero-order valence-corrected chi connectivity index (χ0v) is 11.5. The Labute approximate surface area is 124 Å². The molecule has 0 aliphatic carbocycles. The Hall–Kier alpha value is -2.84. The molecule has 1 atom stereocenters. The van der Waals surface area contributed by atoms with Gasteiger partial charge >= 0.3 is 0 Å². The van der Waals surface area contributed by atoms with Gasteiger partial charge in [-0.3, -0.25) is 0 Å². The Bertz CT molecular complexity index is 697. The molecule has 0 fully saturated rings. The molecule has 2 aromatic rings. The van der Waals surface area contributed by atoms with Crippen molar-refractivity contribution < 1.29 is 4.39 Å². The summed E-state index contributed by atoms with van der Waals surface area (Å²) in [4.78, 5) is 0. The monoisotopic (exact) mass is 275 g/mol. The van der Waals surface area contributed by atoms with Gasteiger partial charge in [0.1, 0.15) is 5.82 Å². The molecule has 2 rings (SSSR count).